The molecule has 2 heterocycles. The summed E-state index contributed by atoms with van der Waals surface area (Å²) in [7, 11) is 0. The molecule has 0 saturated carbocycles. The zero-order chi connectivity index (χ0) is 13.0. The highest BCUT2D eigenvalue weighted by atomic mass is 16.5. The van der Waals surface area contributed by atoms with Crippen LogP contribution in [0.15, 0.2) is 12.3 Å². The molecule has 0 amide bonds. The molecular weight excluding hydrogens is 228 g/mol. The van der Waals surface area contributed by atoms with Crippen molar-refractivity contribution in [3.8, 4) is 0 Å². The van der Waals surface area contributed by atoms with E-state index in [0.717, 1.165) is 36.2 Å². The van der Waals surface area contributed by atoms with Crippen LogP contribution in [0.5, 0.6) is 0 Å². The minimum absolute atomic E-state index is 0.505. The second-order valence-electron chi connectivity index (χ2n) is 4.39. The highest BCUT2D eigenvalue weighted by Gasteiger charge is 2.10. The van der Waals surface area contributed by atoms with E-state index >= 15 is 0 Å². The van der Waals surface area contributed by atoms with Crippen LogP contribution in [0.4, 0.5) is 5.95 Å². The maximum absolute atomic E-state index is 5.92. The predicted octanol–water partition coefficient (Wildman–Crippen LogP) is 2.14. The van der Waals surface area contributed by atoms with E-state index in [0.29, 0.717) is 19.1 Å². The van der Waals surface area contributed by atoms with E-state index in [-0.39, 0.29) is 0 Å². The van der Waals surface area contributed by atoms with E-state index < -0.39 is 0 Å². The largest absolute Gasteiger partial charge is 0.380 e. The number of fused-ring (bicyclic) bond motifs is 1. The Balaban J connectivity index is 2.08. The van der Waals surface area contributed by atoms with E-state index in [2.05, 4.69) is 16.9 Å². The lowest BCUT2D eigenvalue weighted by atomic mass is 10.3. The number of hydrogen-bond acceptors (Lipinski definition) is 4. The lowest BCUT2D eigenvalue weighted by molar-refractivity contribution is 0.124. The Labute approximate surface area is 107 Å². The summed E-state index contributed by atoms with van der Waals surface area (Å²) in [5.74, 6) is 0.505. The molecule has 0 spiro atoms. The van der Waals surface area contributed by atoms with Crippen LogP contribution in [0.2, 0.25) is 0 Å². The van der Waals surface area contributed by atoms with Crippen molar-refractivity contribution in [1.29, 1.82) is 0 Å². The van der Waals surface area contributed by atoms with E-state index in [9.17, 15) is 0 Å². The summed E-state index contributed by atoms with van der Waals surface area (Å²) in [6.45, 7) is 6.30. The molecule has 0 aliphatic heterocycles. The molecule has 0 saturated heterocycles. The number of anilines is 1. The quantitative estimate of drug-likeness (QED) is 0.795. The molecule has 0 atom stereocenters. The van der Waals surface area contributed by atoms with Gasteiger partial charge in [0.25, 0.3) is 0 Å². The monoisotopic (exact) mass is 248 g/mol. The highest BCUT2D eigenvalue weighted by molar-refractivity contribution is 5.77. The number of aromatic nitrogens is 3. The number of rotatable bonds is 6. The van der Waals surface area contributed by atoms with Crippen LogP contribution >= 0.6 is 0 Å². The zero-order valence-electron chi connectivity index (χ0n) is 11.0. The fourth-order valence-corrected chi connectivity index (χ4v) is 1.88. The Kier molecular flexibility index (Phi) is 4.15. The Morgan fingerprint density at radius 1 is 1.39 bits per heavy atom. The summed E-state index contributed by atoms with van der Waals surface area (Å²) in [5, 5.41) is 0. The molecule has 2 rings (SSSR count). The van der Waals surface area contributed by atoms with Gasteiger partial charge in [-0.25, -0.2) is 9.97 Å². The first-order valence-corrected chi connectivity index (χ1v) is 6.39. The number of nitrogen functional groups attached to an aromatic ring is 1. The molecule has 5 nitrogen and oxygen atoms in total. The number of pyridine rings is 1. The molecule has 2 aromatic rings. The van der Waals surface area contributed by atoms with Crippen molar-refractivity contribution >= 4 is 17.1 Å². The molecule has 2 aromatic heterocycles. The van der Waals surface area contributed by atoms with Crippen LogP contribution in [-0.2, 0) is 11.3 Å². The van der Waals surface area contributed by atoms with Gasteiger partial charge in [-0.2, -0.15) is 0 Å². The van der Waals surface area contributed by atoms with Crippen molar-refractivity contribution in [3.05, 3.63) is 17.8 Å². The number of nitrogens with two attached hydrogens (primary N) is 1. The summed E-state index contributed by atoms with van der Waals surface area (Å²) < 4.78 is 7.46. The molecule has 0 unspecified atom stereocenters. The summed E-state index contributed by atoms with van der Waals surface area (Å²) in [6, 6.07) is 1.94. The third kappa shape index (κ3) is 2.61. The summed E-state index contributed by atoms with van der Waals surface area (Å²) in [4.78, 5) is 8.69. The molecular formula is C13H20N4O. The van der Waals surface area contributed by atoms with Gasteiger partial charge in [-0.1, -0.05) is 13.3 Å². The van der Waals surface area contributed by atoms with Gasteiger partial charge in [0.15, 0.2) is 5.65 Å². The molecule has 0 aromatic carbocycles. The van der Waals surface area contributed by atoms with Crippen LogP contribution in [0.3, 0.4) is 0 Å². The summed E-state index contributed by atoms with van der Waals surface area (Å²) in [6.07, 6.45) is 4.03. The number of hydrogen-bond donors (Lipinski definition) is 1. The smallest absolute Gasteiger partial charge is 0.202 e. The Hall–Kier alpha value is -1.62. The van der Waals surface area contributed by atoms with Gasteiger partial charge in [0.1, 0.15) is 5.52 Å². The first-order valence-electron chi connectivity index (χ1n) is 6.39. The number of nitrogens with zero attached hydrogens (tertiary/aromatic N) is 3. The van der Waals surface area contributed by atoms with Crippen molar-refractivity contribution in [2.24, 2.45) is 0 Å². The minimum Gasteiger partial charge on any atom is -0.380 e. The van der Waals surface area contributed by atoms with Gasteiger partial charge in [0.2, 0.25) is 5.95 Å². The van der Waals surface area contributed by atoms with E-state index in [1.165, 1.54) is 0 Å². The fraction of sp³-hybridized carbons (Fsp3) is 0.538. The van der Waals surface area contributed by atoms with Crippen molar-refractivity contribution in [2.45, 2.75) is 33.2 Å². The van der Waals surface area contributed by atoms with Crippen LogP contribution in [0.25, 0.3) is 11.2 Å². The summed E-state index contributed by atoms with van der Waals surface area (Å²) >= 11 is 0. The molecule has 5 heteroatoms. The molecule has 18 heavy (non-hydrogen) atoms. The van der Waals surface area contributed by atoms with Crippen molar-refractivity contribution in [3.63, 3.8) is 0 Å². The molecule has 0 radical (unpaired) electrons. The van der Waals surface area contributed by atoms with Crippen LogP contribution < -0.4 is 5.73 Å². The highest BCUT2D eigenvalue weighted by Crippen LogP contribution is 2.18. The minimum atomic E-state index is 0.505. The second-order valence-corrected chi connectivity index (χ2v) is 4.39. The summed E-state index contributed by atoms with van der Waals surface area (Å²) in [5.41, 5.74) is 8.73. The fourth-order valence-electron chi connectivity index (χ4n) is 1.88. The topological polar surface area (TPSA) is 66.0 Å². The lowest BCUT2D eigenvalue weighted by Gasteiger charge is -2.06. The molecule has 0 aliphatic carbocycles. The van der Waals surface area contributed by atoms with Gasteiger partial charge in [0.05, 0.1) is 13.2 Å². The normalized spacial score (nSPS) is 11.2. The third-order valence-corrected chi connectivity index (χ3v) is 2.97. The van der Waals surface area contributed by atoms with Gasteiger partial charge in [-0.3, -0.25) is 4.57 Å². The molecule has 98 valence electrons. The van der Waals surface area contributed by atoms with Gasteiger partial charge in [-0.15, -0.1) is 0 Å². The average Bonchev–Trinajstić information content (AvgIpc) is 2.68. The Morgan fingerprint density at radius 2 is 2.22 bits per heavy atom. The molecule has 2 N–H and O–H groups in total. The van der Waals surface area contributed by atoms with Crippen molar-refractivity contribution in [1.82, 2.24) is 14.5 Å². The number of ether oxygens (including phenoxy) is 1. The van der Waals surface area contributed by atoms with E-state index in [1.54, 1.807) is 6.20 Å². The predicted molar refractivity (Wildman–Crippen MR) is 72.4 cm³/mol. The Morgan fingerprint density at radius 3 is 3.00 bits per heavy atom. The maximum Gasteiger partial charge on any atom is 0.202 e. The van der Waals surface area contributed by atoms with Gasteiger partial charge in [-0.05, 0) is 25.0 Å². The first kappa shape index (κ1) is 12.8. The SMILES string of the molecule is CCCCOCCn1c(N)nc2c(C)ccnc21. The van der Waals surface area contributed by atoms with Crippen LogP contribution in [-0.4, -0.2) is 27.7 Å². The van der Waals surface area contributed by atoms with E-state index in [1.807, 2.05) is 17.6 Å². The lowest BCUT2D eigenvalue weighted by Crippen LogP contribution is -2.10. The first-order chi connectivity index (χ1) is 8.74. The number of aryl methyl sites for hydroxylation is 1. The number of imidazole rings is 1. The second kappa shape index (κ2) is 5.82. The Bertz CT molecular complexity index is 521. The maximum atomic E-state index is 5.92. The zero-order valence-corrected chi connectivity index (χ0v) is 11.0. The molecule has 0 fully saturated rings. The number of unbranched alkanes of at least 4 members (excludes halogenated alkanes) is 1. The van der Waals surface area contributed by atoms with E-state index in [4.69, 9.17) is 10.5 Å². The van der Waals surface area contributed by atoms with Crippen molar-refractivity contribution in [2.75, 3.05) is 18.9 Å². The van der Waals surface area contributed by atoms with Crippen LogP contribution in [0, 0.1) is 6.92 Å². The standard InChI is InChI=1S/C13H20N4O/c1-3-4-8-18-9-7-17-12-11(16-13(17)14)10(2)5-6-15-12/h5-6H,3-4,7-9H2,1-2H3,(H2,14,16). The third-order valence-electron chi connectivity index (χ3n) is 2.97. The molecule has 0 aliphatic rings. The van der Waals surface area contributed by atoms with Crippen molar-refractivity contribution < 1.29 is 4.74 Å². The average molecular weight is 248 g/mol. The molecule has 0 bridgehead atoms. The van der Waals surface area contributed by atoms with Gasteiger partial charge >= 0.3 is 0 Å². The van der Waals surface area contributed by atoms with Gasteiger partial charge in [0, 0.05) is 12.8 Å². The van der Waals surface area contributed by atoms with Crippen LogP contribution in [0.1, 0.15) is 25.3 Å². The van der Waals surface area contributed by atoms with Gasteiger partial charge < -0.3 is 10.5 Å².